The molecule has 0 bridgehead atoms. The molecule has 1 aliphatic heterocycles. The summed E-state index contributed by atoms with van der Waals surface area (Å²) in [4.78, 5) is 39.7. The maximum atomic E-state index is 14.8. The van der Waals surface area contributed by atoms with Gasteiger partial charge in [0.05, 0.1) is 13.7 Å². The van der Waals surface area contributed by atoms with Crippen molar-refractivity contribution >= 4 is 38.6 Å². The number of methoxy groups -OCH3 is 1. The van der Waals surface area contributed by atoms with Crippen molar-refractivity contribution in [2.75, 3.05) is 20.2 Å². The lowest BCUT2D eigenvalue weighted by atomic mass is 10.0. The van der Waals surface area contributed by atoms with Crippen molar-refractivity contribution in [1.29, 1.82) is 0 Å². The van der Waals surface area contributed by atoms with Crippen LogP contribution in [-0.4, -0.2) is 62.6 Å². The van der Waals surface area contributed by atoms with Gasteiger partial charge in [0.2, 0.25) is 0 Å². The summed E-state index contributed by atoms with van der Waals surface area (Å²) in [5.74, 6) is -3.22. The summed E-state index contributed by atoms with van der Waals surface area (Å²) < 4.78 is 53.9. The molecule has 4 rings (SSSR count). The predicted octanol–water partition coefficient (Wildman–Crippen LogP) is 3.26. The van der Waals surface area contributed by atoms with Crippen molar-refractivity contribution in [2.45, 2.75) is 50.1 Å². The average Bonchev–Trinajstić information content (AvgIpc) is 3.25. The van der Waals surface area contributed by atoms with Gasteiger partial charge in [-0.2, -0.15) is 0 Å². The Hall–Kier alpha value is -3.77. The lowest BCUT2D eigenvalue weighted by Crippen LogP contribution is -2.56. The highest BCUT2D eigenvalue weighted by atomic mass is 32.2. The van der Waals surface area contributed by atoms with E-state index in [1.54, 1.807) is 32.0 Å². The van der Waals surface area contributed by atoms with Crippen molar-refractivity contribution in [2.24, 2.45) is 5.92 Å². The van der Waals surface area contributed by atoms with Crippen molar-refractivity contribution in [3.63, 3.8) is 0 Å². The molecule has 214 valence electrons. The number of para-hydroxylation sites is 1. The summed E-state index contributed by atoms with van der Waals surface area (Å²) in [6.45, 7) is 3.90. The number of nitrogens with one attached hydrogen (secondary N) is 2. The first-order valence-electron chi connectivity index (χ1n) is 13.0. The number of nitrogens with zero attached hydrogens (tertiary/aromatic N) is 1. The van der Waals surface area contributed by atoms with Crippen LogP contribution in [0, 0.1) is 11.7 Å². The largest absolute Gasteiger partial charge is 0.493 e. The van der Waals surface area contributed by atoms with E-state index < -0.39 is 50.4 Å². The van der Waals surface area contributed by atoms with E-state index in [-0.39, 0.29) is 31.1 Å². The fourth-order valence-corrected chi connectivity index (χ4v) is 6.44. The molecule has 1 aromatic heterocycles. The maximum Gasteiger partial charge on any atom is 0.287 e. The average molecular weight is 574 g/mol. The van der Waals surface area contributed by atoms with Crippen LogP contribution in [0.25, 0.3) is 11.0 Å². The van der Waals surface area contributed by atoms with Gasteiger partial charge in [-0.3, -0.25) is 14.4 Å². The van der Waals surface area contributed by atoms with Gasteiger partial charge in [-0.05, 0) is 56.0 Å². The molecule has 0 saturated carbocycles. The number of ether oxygens (including phenoxy) is 1. The zero-order valence-corrected chi connectivity index (χ0v) is 23.3. The molecule has 12 heteroatoms. The summed E-state index contributed by atoms with van der Waals surface area (Å²) in [7, 11) is -3.36. The first-order chi connectivity index (χ1) is 19.0. The van der Waals surface area contributed by atoms with Crippen LogP contribution in [-0.2, 0) is 19.6 Å². The van der Waals surface area contributed by atoms with Crippen LogP contribution in [0.15, 0.2) is 57.8 Å². The summed E-state index contributed by atoms with van der Waals surface area (Å²) in [5.41, 5.74) is 0.335. The third kappa shape index (κ3) is 6.02. The zero-order valence-electron chi connectivity index (χ0n) is 22.5. The summed E-state index contributed by atoms with van der Waals surface area (Å²) in [5, 5.41) is 6.11. The number of carbonyl (C=O) groups excluding carboxylic acids is 3. The number of sulfonamides is 1. The Balaban J connectivity index is 1.74. The van der Waals surface area contributed by atoms with Gasteiger partial charge >= 0.3 is 0 Å². The Bertz CT molecular complexity index is 1520. The molecule has 1 aliphatic rings. The third-order valence-electron chi connectivity index (χ3n) is 6.64. The quantitative estimate of drug-likeness (QED) is 0.398. The lowest BCUT2D eigenvalue weighted by molar-refractivity contribution is -0.135. The summed E-state index contributed by atoms with van der Waals surface area (Å²) in [6, 6.07) is 8.56. The highest BCUT2D eigenvalue weighted by Crippen LogP contribution is 2.29. The van der Waals surface area contributed by atoms with Gasteiger partial charge in [0.1, 0.15) is 22.8 Å². The number of hydrogen-bond acceptors (Lipinski definition) is 8. The van der Waals surface area contributed by atoms with E-state index in [0.29, 0.717) is 34.0 Å². The van der Waals surface area contributed by atoms with Crippen LogP contribution in [0.4, 0.5) is 4.39 Å². The van der Waals surface area contributed by atoms with Gasteiger partial charge in [0.15, 0.2) is 22.9 Å². The Kier molecular flexibility index (Phi) is 8.89. The Morgan fingerprint density at radius 2 is 1.95 bits per heavy atom. The van der Waals surface area contributed by atoms with E-state index in [2.05, 4.69) is 10.6 Å². The molecular formula is C28H32FN3O7S. The first kappa shape index (κ1) is 29.2. The molecule has 0 spiro atoms. The molecule has 40 heavy (non-hydrogen) atoms. The fourth-order valence-electron chi connectivity index (χ4n) is 4.74. The number of carbonyl (C=O) groups is 3. The van der Waals surface area contributed by atoms with Crippen LogP contribution in [0.1, 0.15) is 43.7 Å². The highest BCUT2D eigenvalue weighted by Gasteiger charge is 2.44. The number of hydrogen-bond donors (Lipinski definition) is 2. The molecule has 2 heterocycles. The SMILES string of the molecule is COc1cccc2cc(C(=O)NC(CC(C)C)C(=O)N([C@H]3CCCNCC3=O)S(=O)(=O)c3ccccc3F)oc12. The second kappa shape index (κ2) is 12.2. The van der Waals surface area contributed by atoms with E-state index in [4.69, 9.17) is 9.15 Å². The number of amides is 2. The fraction of sp³-hybridized carbons (Fsp3) is 0.393. The predicted molar refractivity (Wildman–Crippen MR) is 145 cm³/mol. The minimum absolute atomic E-state index is 0.0522. The van der Waals surface area contributed by atoms with Crippen LogP contribution >= 0.6 is 0 Å². The molecule has 2 amide bonds. The number of benzene rings is 2. The van der Waals surface area contributed by atoms with Crippen LogP contribution < -0.4 is 15.4 Å². The van der Waals surface area contributed by atoms with Crippen LogP contribution in [0.2, 0.25) is 0 Å². The van der Waals surface area contributed by atoms with Gasteiger partial charge in [-0.25, -0.2) is 17.1 Å². The number of rotatable bonds is 9. The topological polar surface area (TPSA) is 135 Å². The van der Waals surface area contributed by atoms with E-state index in [1.165, 1.54) is 25.3 Å². The molecule has 3 aromatic rings. The lowest BCUT2D eigenvalue weighted by Gasteiger charge is -2.33. The summed E-state index contributed by atoms with van der Waals surface area (Å²) >= 11 is 0. The Morgan fingerprint density at radius 3 is 2.65 bits per heavy atom. The zero-order chi connectivity index (χ0) is 29.0. The molecule has 1 unspecified atom stereocenters. The number of furan rings is 1. The molecule has 10 nitrogen and oxygen atoms in total. The Morgan fingerprint density at radius 1 is 1.20 bits per heavy atom. The standard InChI is InChI=1S/C28H32FN3O7S/c1-17(2)14-20(31-27(34)24-15-18-8-6-11-23(38-3)26(18)39-24)28(35)32(21-10-7-13-30-16-22(21)33)40(36,37)25-12-5-4-9-19(25)29/h4-6,8-9,11-12,15,17,20-21,30H,7,10,13-14,16H2,1-3H3,(H,31,34)/t20?,21-/m0/s1. The normalized spacial score (nSPS) is 16.9. The molecule has 2 atom stereocenters. The number of ketones is 1. The highest BCUT2D eigenvalue weighted by molar-refractivity contribution is 7.89. The number of fused-ring (bicyclic) bond motifs is 1. The Labute approximate surface area is 231 Å². The third-order valence-corrected chi connectivity index (χ3v) is 8.48. The number of Topliss-reactive ketones (excluding diaryl/α,β-unsaturated/α-hetero) is 1. The first-order valence-corrected chi connectivity index (χ1v) is 14.4. The maximum absolute atomic E-state index is 14.8. The van der Waals surface area contributed by atoms with Crippen molar-refractivity contribution in [3.8, 4) is 5.75 Å². The molecule has 2 aromatic carbocycles. The van der Waals surface area contributed by atoms with Crippen molar-refractivity contribution < 1.29 is 36.3 Å². The van der Waals surface area contributed by atoms with E-state index in [0.717, 1.165) is 12.1 Å². The second-order valence-electron chi connectivity index (χ2n) is 10.0. The van der Waals surface area contributed by atoms with Crippen LogP contribution in [0.5, 0.6) is 5.75 Å². The van der Waals surface area contributed by atoms with Gasteiger partial charge in [-0.15, -0.1) is 0 Å². The molecule has 1 fully saturated rings. The van der Waals surface area contributed by atoms with Crippen molar-refractivity contribution in [1.82, 2.24) is 14.9 Å². The molecular weight excluding hydrogens is 541 g/mol. The molecule has 2 N–H and O–H groups in total. The van der Waals surface area contributed by atoms with Gasteiger partial charge in [0, 0.05) is 5.39 Å². The molecule has 0 aliphatic carbocycles. The monoisotopic (exact) mass is 573 g/mol. The van der Waals surface area contributed by atoms with E-state index >= 15 is 0 Å². The van der Waals surface area contributed by atoms with Crippen LogP contribution in [0.3, 0.4) is 0 Å². The van der Waals surface area contributed by atoms with Gasteiger partial charge < -0.3 is 19.8 Å². The smallest absolute Gasteiger partial charge is 0.287 e. The van der Waals surface area contributed by atoms with E-state index in [1.807, 2.05) is 0 Å². The second-order valence-corrected chi connectivity index (χ2v) is 11.8. The molecule has 1 saturated heterocycles. The summed E-state index contributed by atoms with van der Waals surface area (Å²) in [6.07, 6.45) is 0.516. The van der Waals surface area contributed by atoms with Gasteiger partial charge in [0.25, 0.3) is 21.8 Å². The minimum Gasteiger partial charge on any atom is -0.493 e. The minimum atomic E-state index is -4.82. The van der Waals surface area contributed by atoms with E-state index in [9.17, 15) is 27.2 Å². The van der Waals surface area contributed by atoms with Crippen molar-refractivity contribution in [3.05, 3.63) is 60.1 Å². The number of halogens is 1. The molecule has 0 radical (unpaired) electrons. The van der Waals surface area contributed by atoms with Gasteiger partial charge in [-0.1, -0.05) is 38.1 Å².